The Balaban J connectivity index is 2.16. The summed E-state index contributed by atoms with van der Waals surface area (Å²) in [5.41, 5.74) is 0.283. The summed E-state index contributed by atoms with van der Waals surface area (Å²) in [6.45, 7) is 2.87. The number of hydrogen-bond donors (Lipinski definition) is 0. The van der Waals surface area contributed by atoms with Crippen LogP contribution in [0, 0.1) is 11.6 Å². The van der Waals surface area contributed by atoms with Crippen LogP contribution in [0.15, 0.2) is 51.8 Å². The highest BCUT2D eigenvalue weighted by Gasteiger charge is 2.16. The summed E-state index contributed by atoms with van der Waals surface area (Å²) in [7, 11) is -4.06. The molecule has 0 spiro atoms. The van der Waals surface area contributed by atoms with E-state index in [0.29, 0.717) is 17.9 Å². The average Bonchev–Trinajstić information content (AvgIpc) is 2.93. The second kappa shape index (κ2) is 7.65. The average molecular weight is 398 g/mol. The van der Waals surface area contributed by atoms with Crippen molar-refractivity contribution in [1.29, 1.82) is 0 Å². The third kappa shape index (κ3) is 3.84. The molecule has 0 N–H and O–H groups in total. The highest BCUT2D eigenvalue weighted by molar-refractivity contribution is 7.90. The molecule has 0 bridgehead atoms. The van der Waals surface area contributed by atoms with Gasteiger partial charge >= 0.3 is 0 Å². The molecule has 0 fully saturated rings. The van der Waals surface area contributed by atoms with E-state index in [1.807, 2.05) is 6.92 Å². The molecule has 0 radical (unpaired) electrons. The molecule has 26 heavy (non-hydrogen) atoms. The number of rotatable bonds is 6. The Labute approximate surface area is 153 Å². The van der Waals surface area contributed by atoms with E-state index in [1.54, 1.807) is 12.1 Å². The predicted molar refractivity (Wildman–Crippen MR) is 95.4 cm³/mol. The van der Waals surface area contributed by atoms with Crippen molar-refractivity contribution in [2.75, 3.05) is 13.2 Å². The van der Waals surface area contributed by atoms with E-state index < -0.39 is 21.7 Å². The zero-order valence-electron chi connectivity index (χ0n) is 13.9. The van der Waals surface area contributed by atoms with Gasteiger partial charge in [-0.2, -0.15) is 8.42 Å². The van der Waals surface area contributed by atoms with Crippen LogP contribution >= 0.6 is 11.3 Å². The first-order valence-corrected chi connectivity index (χ1v) is 10.1. The number of nitrogens with zero attached hydrogens (tertiary/aromatic N) is 2. The van der Waals surface area contributed by atoms with Crippen molar-refractivity contribution in [3.8, 4) is 0 Å². The topological polar surface area (TPSA) is 60.7 Å². The van der Waals surface area contributed by atoms with Crippen LogP contribution < -0.4 is 4.80 Å². The van der Waals surface area contributed by atoms with Crippen LogP contribution in [0.25, 0.3) is 10.2 Å². The van der Waals surface area contributed by atoms with Crippen LogP contribution in [0.2, 0.25) is 0 Å². The minimum atomic E-state index is -4.06. The third-order valence-electron chi connectivity index (χ3n) is 3.62. The fourth-order valence-electron chi connectivity index (χ4n) is 2.43. The lowest BCUT2D eigenvalue weighted by atomic mass is 10.3. The molecule has 2 aromatic carbocycles. The number of aromatic nitrogens is 1. The van der Waals surface area contributed by atoms with E-state index in [-0.39, 0.29) is 21.8 Å². The van der Waals surface area contributed by atoms with Crippen LogP contribution in [0.3, 0.4) is 0 Å². The Bertz CT molecular complexity index is 1090. The molecule has 0 aliphatic heterocycles. The van der Waals surface area contributed by atoms with Gasteiger partial charge in [-0.3, -0.25) is 0 Å². The quantitative estimate of drug-likeness (QED) is 0.599. The van der Waals surface area contributed by atoms with Crippen molar-refractivity contribution in [3.05, 3.63) is 58.9 Å². The molecule has 138 valence electrons. The van der Waals surface area contributed by atoms with Gasteiger partial charge in [-0.1, -0.05) is 17.4 Å². The molecule has 0 atom stereocenters. The van der Waals surface area contributed by atoms with Crippen LogP contribution in [-0.2, 0) is 21.3 Å². The summed E-state index contributed by atoms with van der Waals surface area (Å²) in [6, 6.07) is 8.96. The zero-order valence-corrected chi connectivity index (χ0v) is 15.5. The lowest BCUT2D eigenvalue weighted by Gasteiger charge is -2.06. The number of ether oxygens (including phenoxy) is 1. The maximum absolute atomic E-state index is 14.3. The first-order valence-electron chi connectivity index (χ1n) is 7.84. The number of hydrogen-bond acceptors (Lipinski definition) is 4. The van der Waals surface area contributed by atoms with Crippen LogP contribution in [-0.4, -0.2) is 26.2 Å². The maximum Gasteiger partial charge on any atom is 0.285 e. The van der Waals surface area contributed by atoms with E-state index in [9.17, 15) is 17.2 Å². The van der Waals surface area contributed by atoms with Gasteiger partial charge in [0.25, 0.3) is 10.0 Å². The maximum atomic E-state index is 14.3. The molecule has 3 aromatic rings. The summed E-state index contributed by atoms with van der Waals surface area (Å²) >= 11 is 1.07. The second-order valence-electron chi connectivity index (χ2n) is 5.34. The molecular formula is C17H16F2N2O3S2. The summed E-state index contributed by atoms with van der Waals surface area (Å²) in [6.07, 6.45) is 0. The summed E-state index contributed by atoms with van der Waals surface area (Å²) in [5.74, 6) is -1.00. The molecule has 1 aromatic heterocycles. The van der Waals surface area contributed by atoms with Gasteiger partial charge in [0.05, 0.1) is 21.7 Å². The second-order valence-corrected chi connectivity index (χ2v) is 7.95. The minimum Gasteiger partial charge on any atom is -0.380 e. The smallest absolute Gasteiger partial charge is 0.285 e. The molecule has 9 heteroatoms. The standard InChI is InChI=1S/C17H16F2N2O3S2/c1-2-24-11-10-21-16-14(19)4-3-5-15(16)25-17(21)20-26(22,23)13-8-6-12(18)7-9-13/h3-9H,2,10-11H2,1H3/b20-17-. The summed E-state index contributed by atoms with van der Waals surface area (Å²) < 4.78 is 63.6. The molecule has 0 saturated heterocycles. The Morgan fingerprint density at radius 3 is 2.58 bits per heavy atom. The number of sulfonamides is 1. The Kier molecular flexibility index (Phi) is 5.49. The van der Waals surface area contributed by atoms with Gasteiger partial charge in [0, 0.05) is 13.2 Å². The molecule has 3 rings (SSSR count). The summed E-state index contributed by atoms with van der Waals surface area (Å²) in [5, 5.41) is 0. The summed E-state index contributed by atoms with van der Waals surface area (Å²) in [4.78, 5) is 0.00214. The molecule has 0 unspecified atom stereocenters. The minimum absolute atomic E-state index is 0.131. The highest BCUT2D eigenvalue weighted by atomic mass is 32.2. The number of thiazole rings is 1. The lowest BCUT2D eigenvalue weighted by molar-refractivity contribution is 0.139. The van der Waals surface area contributed by atoms with Gasteiger partial charge in [0.1, 0.15) is 11.6 Å². The van der Waals surface area contributed by atoms with E-state index in [1.165, 1.54) is 10.6 Å². The molecule has 0 aliphatic carbocycles. The first kappa shape index (κ1) is 18.7. The van der Waals surface area contributed by atoms with Crippen molar-refractivity contribution >= 4 is 31.6 Å². The number of halogens is 2. The Hall–Kier alpha value is -2.10. The number of para-hydroxylation sites is 1. The van der Waals surface area contributed by atoms with E-state index in [2.05, 4.69) is 4.40 Å². The molecule has 0 saturated carbocycles. The first-order chi connectivity index (χ1) is 12.4. The highest BCUT2D eigenvalue weighted by Crippen LogP contribution is 2.21. The van der Waals surface area contributed by atoms with Crippen LogP contribution in [0.5, 0.6) is 0 Å². The Morgan fingerprint density at radius 2 is 1.88 bits per heavy atom. The van der Waals surface area contributed by atoms with Crippen LogP contribution in [0.1, 0.15) is 6.92 Å². The SMILES string of the molecule is CCOCCn1/c(=N/S(=O)(=O)c2ccc(F)cc2)sc2cccc(F)c21. The fourth-order valence-corrected chi connectivity index (χ4v) is 4.70. The van der Waals surface area contributed by atoms with Gasteiger partial charge in [0.15, 0.2) is 0 Å². The van der Waals surface area contributed by atoms with Crippen LogP contribution in [0.4, 0.5) is 8.78 Å². The van der Waals surface area contributed by atoms with E-state index in [4.69, 9.17) is 4.74 Å². The van der Waals surface area contributed by atoms with Gasteiger partial charge in [-0.15, -0.1) is 4.40 Å². The predicted octanol–water partition coefficient (Wildman–Crippen LogP) is 3.31. The van der Waals surface area contributed by atoms with Crippen molar-refractivity contribution in [3.63, 3.8) is 0 Å². The van der Waals surface area contributed by atoms with Crippen molar-refractivity contribution in [2.45, 2.75) is 18.4 Å². The molecule has 0 aliphatic rings. The van der Waals surface area contributed by atoms with Gasteiger partial charge < -0.3 is 9.30 Å². The van der Waals surface area contributed by atoms with Gasteiger partial charge in [-0.05, 0) is 43.3 Å². The zero-order chi connectivity index (χ0) is 18.7. The number of fused-ring (bicyclic) bond motifs is 1. The van der Waals surface area contributed by atoms with Crippen molar-refractivity contribution in [1.82, 2.24) is 4.57 Å². The Morgan fingerprint density at radius 1 is 1.15 bits per heavy atom. The van der Waals surface area contributed by atoms with E-state index >= 15 is 0 Å². The number of benzene rings is 2. The molecule has 1 heterocycles. The van der Waals surface area contributed by atoms with Gasteiger partial charge in [0.2, 0.25) is 4.80 Å². The van der Waals surface area contributed by atoms with E-state index in [0.717, 1.165) is 35.6 Å². The largest absolute Gasteiger partial charge is 0.380 e. The lowest BCUT2D eigenvalue weighted by Crippen LogP contribution is -2.20. The monoisotopic (exact) mass is 398 g/mol. The molecular weight excluding hydrogens is 382 g/mol. The molecule has 5 nitrogen and oxygen atoms in total. The normalized spacial score (nSPS) is 12.8. The molecule has 0 amide bonds. The van der Waals surface area contributed by atoms with Crippen molar-refractivity contribution in [2.24, 2.45) is 4.40 Å². The third-order valence-corrected chi connectivity index (χ3v) is 6.07. The van der Waals surface area contributed by atoms with Gasteiger partial charge in [-0.25, -0.2) is 8.78 Å². The van der Waals surface area contributed by atoms with Crippen molar-refractivity contribution < 1.29 is 21.9 Å². The fraction of sp³-hybridized carbons (Fsp3) is 0.235.